The second-order valence-electron chi connectivity index (χ2n) is 6.65. The average molecular weight is 471 g/mol. The van der Waals surface area contributed by atoms with Crippen molar-refractivity contribution >= 4 is 34.0 Å². The molecule has 4 rings (SSSR count). The molecule has 1 amide bonds. The van der Waals surface area contributed by atoms with Gasteiger partial charge in [-0.1, -0.05) is 35.1 Å². The molecule has 6 nitrogen and oxygen atoms in total. The number of halogens is 4. The highest BCUT2D eigenvalue weighted by Gasteiger charge is 2.40. The molecule has 3 aromatic rings. The van der Waals surface area contributed by atoms with Gasteiger partial charge < -0.3 is 14.2 Å². The number of amides is 1. The molecule has 1 unspecified atom stereocenters. The van der Waals surface area contributed by atoms with Crippen molar-refractivity contribution < 1.29 is 32.2 Å². The van der Waals surface area contributed by atoms with E-state index in [1.54, 1.807) is 12.1 Å². The van der Waals surface area contributed by atoms with E-state index in [-0.39, 0.29) is 23.2 Å². The molecule has 0 aliphatic carbocycles. The fourth-order valence-corrected chi connectivity index (χ4v) is 3.73. The monoisotopic (exact) mass is 470 g/mol. The molecule has 31 heavy (non-hydrogen) atoms. The summed E-state index contributed by atoms with van der Waals surface area (Å²) in [6.45, 7) is 1.50. The van der Waals surface area contributed by atoms with Gasteiger partial charge in [0.05, 0.1) is 11.8 Å². The third-order valence-corrected chi connectivity index (χ3v) is 5.59. The summed E-state index contributed by atoms with van der Waals surface area (Å²) in [6, 6.07) is 8.91. The van der Waals surface area contributed by atoms with E-state index in [9.17, 15) is 18.0 Å². The van der Waals surface area contributed by atoms with Gasteiger partial charge in [0.25, 0.3) is 5.91 Å². The summed E-state index contributed by atoms with van der Waals surface area (Å²) in [5.41, 5.74) is -2.33. The molecule has 0 saturated carbocycles. The topological polar surface area (TPSA) is 69.7 Å². The summed E-state index contributed by atoms with van der Waals surface area (Å²) >= 11 is 6.90. The van der Waals surface area contributed by atoms with E-state index in [2.05, 4.69) is 10.3 Å². The first-order valence-corrected chi connectivity index (χ1v) is 10.0. The fraction of sp³-hybridized carbons (Fsp3) is 0.200. The lowest BCUT2D eigenvalue weighted by atomic mass is 9.93. The Morgan fingerprint density at radius 2 is 1.81 bits per heavy atom. The number of benzene rings is 2. The van der Waals surface area contributed by atoms with Gasteiger partial charge >= 0.3 is 6.18 Å². The molecule has 2 heterocycles. The quantitative estimate of drug-likeness (QED) is 0.535. The Labute approximate surface area is 183 Å². The maximum absolute atomic E-state index is 13.2. The molecule has 162 valence electrons. The van der Waals surface area contributed by atoms with Gasteiger partial charge in [0.15, 0.2) is 16.6 Å². The molecule has 2 aromatic carbocycles. The van der Waals surface area contributed by atoms with Crippen LogP contribution in [0.25, 0.3) is 0 Å². The van der Waals surface area contributed by atoms with Crippen LogP contribution in [0.5, 0.6) is 17.2 Å². The Balaban J connectivity index is 1.69. The van der Waals surface area contributed by atoms with Crippen LogP contribution in [0.2, 0.25) is 4.34 Å². The van der Waals surface area contributed by atoms with Gasteiger partial charge in [0.1, 0.15) is 10.1 Å². The van der Waals surface area contributed by atoms with Gasteiger partial charge in [-0.2, -0.15) is 13.2 Å². The number of alkyl halides is 3. The third kappa shape index (κ3) is 4.40. The number of hydrogen-bond acceptors (Lipinski definition) is 6. The van der Waals surface area contributed by atoms with Crippen LogP contribution >= 0.6 is 22.9 Å². The molecule has 0 spiro atoms. The summed E-state index contributed by atoms with van der Waals surface area (Å²) in [5, 5.41) is 2.82. The largest absolute Gasteiger partial charge is 0.473 e. The first-order valence-electron chi connectivity index (χ1n) is 8.84. The van der Waals surface area contributed by atoms with E-state index >= 15 is 0 Å². The number of aromatic nitrogens is 1. The number of rotatable bonds is 5. The third-order valence-electron chi connectivity index (χ3n) is 4.56. The van der Waals surface area contributed by atoms with Gasteiger partial charge in [0.2, 0.25) is 12.4 Å². The van der Waals surface area contributed by atoms with Crippen molar-refractivity contribution in [2.24, 2.45) is 0 Å². The van der Waals surface area contributed by atoms with Crippen LogP contribution in [0.1, 0.15) is 18.1 Å². The maximum atomic E-state index is 13.2. The molecule has 1 N–H and O–H groups in total. The smallest absolute Gasteiger partial charge is 0.416 e. The molecule has 1 aromatic heterocycles. The first kappa shape index (κ1) is 21.3. The predicted octanol–water partition coefficient (Wildman–Crippen LogP) is 5.48. The van der Waals surface area contributed by atoms with Crippen LogP contribution < -0.4 is 19.5 Å². The van der Waals surface area contributed by atoms with E-state index in [0.717, 1.165) is 23.5 Å². The van der Waals surface area contributed by atoms with E-state index in [0.29, 0.717) is 15.8 Å². The molecule has 1 aliphatic rings. The summed E-state index contributed by atoms with van der Waals surface area (Å²) in [7, 11) is 0. The Morgan fingerprint density at radius 1 is 1.13 bits per heavy atom. The van der Waals surface area contributed by atoms with Crippen molar-refractivity contribution in [2.45, 2.75) is 18.7 Å². The Morgan fingerprint density at radius 3 is 2.45 bits per heavy atom. The van der Waals surface area contributed by atoms with E-state index in [1.165, 1.54) is 31.3 Å². The number of nitrogens with one attached hydrogen (secondary N) is 1. The van der Waals surface area contributed by atoms with Crippen LogP contribution in [0, 0.1) is 0 Å². The van der Waals surface area contributed by atoms with Crippen LogP contribution in [0.15, 0.2) is 48.7 Å². The van der Waals surface area contributed by atoms with Crippen LogP contribution in [0.3, 0.4) is 0 Å². The zero-order chi connectivity index (χ0) is 22.2. The van der Waals surface area contributed by atoms with Crippen molar-refractivity contribution in [1.29, 1.82) is 0 Å². The van der Waals surface area contributed by atoms with Crippen molar-refractivity contribution in [2.75, 3.05) is 12.1 Å². The lowest BCUT2D eigenvalue weighted by Gasteiger charge is -2.30. The molecule has 0 fully saturated rings. The van der Waals surface area contributed by atoms with Crippen LogP contribution in [-0.2, 0) is 16.6 Å². The maximum Gasteiger partial charge on any atom is 0.416 e. The molecule has 11 heteroatoms. The average Bonchev–Trinajstić information content (AvgIpc) is 3.35. The van der Waals surface area contributed by atoms with Crippen molar-refractivity contribution in [3.8, 4) is 17.2 Å². The highest BCUT2D eigenvalue weighted by molar-refractivity contribution is 7.19. The number of ether oxygens (including phenoxy) is 3. The Hall–Kier alpha value is -2.98. The second-order valence-corrected chi connectivity index (χ2v) is 8.31. The zero-order valence-corrected chi connectivity index (χ0v) is 17.4. The molecule has 1 aliphatic heterocycles. The molecule has 0 bridgehead atoms. The fourth-order valence-electron chi connectivity index (χ4n) is 2.92. The standard InChI is InChI=1S/C20H14ClF3N2O4S/c1-19(17(27)26-18-25-9-16(21)31-18,11-2-4-12(5-3-11)20(22,23)24)30-13-6-7-14-15(8-13)29-10-28-14/h2-9H,10H2,1H3,(H,25,26,27). The molecule has 1 atom stereocenters. The van der Waals surface area contributed by atoms with E-state index in [4.69, 9.17) is 25.8 Å². The number of fused-ring (bicyclic) bond motifs is 1. The summed E-state index contributed by atoms with van der Waals surface area (Å²) in [6.07, 6.45) is -3.14. The van der Waals surface area contributed by atoms with Crippen molar-refractivity contribution in [1.82, 2.24) is 4.98 Å². The Bertz CT molecular complexity index is 1120. The lowest BCUT2D eigenvalue weighted by Crippen LogP contribution is -2.42. The van der Waals surface area contributed by atoms with Gasteiger partial charge in [-0.15, -0.1) is 0 Å². The molecule has 0 radical (unpaired) electrons. The number of anilines is 1. The SMILES string of the molecule is CC(Oc1ccc2c(c1)OCO2)(C(=O)Nc1ncc(Cl)s1)c1ccc(C(F)(F)F)cc1. The van der Waals surface area contributed by atoms with Gasteiger partial charge in [0, 0.05) is 11.6 Å². The highest BCUT2D eigenvalue weighted by Crippen LogP contribution is 2.39. The normalized spacial score (nSPS) is 14.7. The van der Waals surface area contributed by atoms with Gasteiger partial charge in [-0.25, -0.2) is 4.98 Å². The summed E-state index contributed by atoms with van der Waals surface area (Å²) in [4.78, 5) is 17.2. The minimum Gasteiger partial charge on any atom is -0.473 e. The number of nitrogens with zero attached hydrogens (tertiary/aromatic N) is 1. The summed E-state index contributed by atoms with van der Waals surface area (Å²) < 4.78 is 55.9. The minimum atomic E-state index is -4.51. The lowest BCUT2D eigenvalue weighted by molar-refractivity contribution is -0.137. The van der Waals surface area contributed by atoms with E-state index < -0.39 is 23.2 Å². The predicted molar refractivity (Wildman–Crippen MR) is 108 cm³/mol. The second kappa shape index (κ2) is 7.93. The van der Waals surface area contributed by atoms with Crippen LogP contribution in [-0.4, -0.2) is 17.7 Å². The number of thiazole rings is 1. The molecular formula is C20H14ClF3N2O4S. The van der Waals surface area contributed by atoms with Crippen molar-refractivity contribution in [3.05, 3.63) is 64.1 Å². The minimum absolute atomic E-state index is 0.0558. The number of hydrogen-bond donors (Lipinski definition) is 1. The molecule has 0 saturated heterocycles. The Kier molecular flexibility index (Phi) is 5.44. The highest BCUT2D eigenvalue weighted by atomic mass is 35.5. The van der Waals surface area contributed by atoms with Crippen molar-refractivity contribution in [3.63, 3.8) is 0 Å². The first-order chi connectivity index (χ1) is 14.6. The number of carbonyl (C=O) groups is 1. The van der Waals surface area contributed by atoms with Crippen LogP contribution in [0.4, 0.5) is 18.3 Å². The van der Waals surface area contributed by atoms with Gasteiger partial charge in [-0.05, 0) is 31.2 Å². The van der Waals surface area contributed by atoms with E-state index in [1.807, 2.05) is 0 Å². The van der Waals surface area contributed by atoms with Gasteiger partial charge in [-0.3, -0.25) is 10.1 Å². The molecular weight excluding hydrogens is 457 g/mol. The zero-order valence-electron chi connectivity index (χ0n) is 15.8. The summed E-state index contributed by atoms with van der Waals surface area (Å²) in [5.74, 6) is 0.569. The number of carbonyl (C=O) groups excluding carboxylic acids is 1.